The quantitative estimate of drug-likeness (QED) is 0.883. The lowest BCUT2D eigenvalue weighted by Crippen LogP contribution is -2.33. The van der Waals surface area contributed by atoms with Crippen LogP contribution in [-0.2, 0) is 11.2 Å². The summed E-state index contributed by atoms with van der Waals surface area (Å²) in [5, 5.41) is 9.47. The van der Waals surface area contributed by atoms with E-state index in [1.165, 1.54) is 5.56 Å². The van der Waals surface area contributed by atoms with E-state index in [0.717, 1.165) is 38.2 Å². The number of likely N-dealkylation sites (tertiary alicyclic amines) is 1. The molecule has 19 heavy (non-hydrogen) atoms. The van der Waals surface area contributed by atoms with E-state index in [1.807, 2.05) is 23.1 Å². The van der Waals surface area contributed by atoms with Gasteiger partial charge in [0.25, 0.3) is 0 Å². The number of benzene rings is 1. The second-order valence-corrected chi connectivity index (χ2v) is 5.42. The Hall–Kier alpha value is -1.39. The Kier molecular flexibility index (Phi) is 3.53. The molecular formula is C15H20N2O2. The standard InChI is InChI=1S/C15H20N2O2/c18-13-6-8-16(11-13)9-7-15(19)17-10-5-12-3-1-2-4-14(12)17/h1-4,13,18H,5-11H2/t13-/m0/s1. The lowest BCUT2D eigenvalue weighted by Gasteiger charge is -2.20. The third kappa shape index (κ3) is 2.65. The summed E-state index contributed by atoms with van der Waals surface area (Å²) in [6, 6.07) is 8.14. The first kappa shape index (κ1) is 12.6. The van der Waals surface area contributed by atoms with E-state index in [9.17, 15) is 9.90 Å². The van der Waals surface area contributed by atoms with E-state index in [1.54, 1.807) is 0 Å². The van der Waals surface area contributed by atoms with E-state index in [-0.39, 0.29) is 12.0 Å². The van der Waals surface area contributed by atoms with Crippen LogP contribution in [0.5, 0.6) is 0 Å². The summed E-state index contributed by atoms with van der Waals surface area (Å²) in [6.45, 7) is 3.18. The van der Waals surface area contributed by atoms with Crippen molar-refractivity contribution in [2.45, 2.75) is 25.4 Å². The molecule has 1 fully saturated rings. The number of aliphatic hydroxyl groups is 1. The Labute approximate surface area is 113 Å². The Morgan fingerprint density at radius 2 is 2.16 bits per heavy atom. The highest BCUT2D eigenvalue weighted by Crippen LogP contribution is 2.27. The summed E-state index contributed by atoms with van der Waals surface area (Å²) in [7, 11) is 0. The van der Waals surface area contributed by atoms with Gasteiger partial charge in [-0.15, -0.1) is 0 Å². The maximum Gasteiger partial charge on any atom is 0.228 e. The van der Waals surface area contributed by atoms with Crippen molar-refractivity contribution in [3.63, 3.8) is 0 Å². The molecule has 0 bridgehead atoms. The molecule has 2 aliphatic rings. The van der Waals surface area contributed by atoms with Gasteiger partial charge in [-0.25, -0.2) is 0 Å². The highest BCUT2D eigenvalue weighted by Gasteiger charge is 2.25. The van der Waals surface area contributed by atoms with Crippen LogP contribution in [-0.4, -0.2) is 48.2 Å². The normalized spacial score (nSPS) is 22.8. The van der Waals surface area contributed by atoms with Gasteiger partial charge in [0.1, 0.15) is 0 Å². The van der Waals surface area contributed by atoms with Crippen LogP contribution in [0.25, 0.3) is 0 Å². The molecule has 0 radical (unpaired) electrons. The number of para-hydroxylation sites is 1. The number of fused-ring (bicyclic) bond motifs is 1. The Bertz CT molecular complexity index is 475. The van der Waals surface area contributed by atoms with Crippen molar-refractivity contribution in [2.75, 3.05) is 31.1 Å². The van der Waals surface area contributed by atoms with Crippen LogP contribution in [0.2, 0.25) is 0 Å². The highest BCUT2D eigenvalue weighted by molar-refractivity contribution is 5.95. The zero-order valence-electron chi connectivity index (χ0n) is 11.1. The van der Waals surface area contributed by atoms with Gasteiger partial charge >= 0.3 is 0 Å². The molecule has 1 saturated heterocycles. The van der Waals surface area contributed by atoms with Crippen molar-refractivity contribution in [1.29, 1.82) is 0 Å². The average Bonchev–Trinajstić information content (AvgIpc) is 3.02. The molecule has 0 spiro atoms. The van der Waals surface area contributed by atoms with Crippen molar-refractivity contribution in [2.24, 2.45) is 0 Å². The molecule has 102 valence electrons. The predicted octanol–water partition coefficient (Wildman–Crippen LogP) is 1.03. The third-order valence-electron chi connectivity index (χ3n) is 4.08. The number of carbonyl (C=O) groups is 1. The van der Waals surface area contributed by atoms with Crippen LogP contribution in [0.3, 0.4) is 0 Å². The van der Waals surface area contributed by atoms with Crippen LogP contribution in [0, 0.1) is 0 Å². The number of anilines is 1. The van der Waals surface area contributed by atoms with Gasteiger partial charge in [0.15, 0.2) is 0 Å². The van der Waals surface area contributed by atoms with Gasteiger partial charge in [0, 0.05) is 38.3 Å². The Morgan fingerprint density at radius 3 is 2.95 bits per heavy atom. The van der Waals surface area contributed by atoms with Crippen molar-refractivity contribution < 1.29 is 9.90 Å². The minimum absolute atomic E-state index is 0.200. The first-order chi connectivity index (χ1) is 9.24. The molecule has 1 atom stereocenters. The van der Waals surface area contributed by atoms with Gasteiger partial charge in [0.2, 0.25) is 5.91 Å². The molecule has 1 N–H and O–H groups in total. The molecule has 3 rings (SSSR count). The molecule has 0 saturated carbocycles. The maximum absolute atomic E-state index is 12.3. The van der Waals surface area contributed by atoms with Crippen molar-refractivity contribution in [1.82, 2.24) is 4.90 Å². The highest BCUT2D eigenvalue weighted by atomic mass is 16.3. The molecule has 4 heteroatoms. The first-order valence-corrected chi connectivity index (χ1v) is 7.03. The molecule has 0 aliphatic carbocycles. The van der Waals surface area contributed by atoms with Crippen LogP contribution < -0.4 is 4.90 Å². The minimum atomic E-state index is -0.206. The summed E-state index contributed by atoms with van der Waals surface area (Å²) in [4.78, 5) is 16.4. The maximum atomic E-state index is 12.3. The van der Waals surface area contributed by atoms with Crippen LogP contribution in [0.15, 0.2) is 24.3 Å². The van der Waals surface area contributed by atoms with Gasteiger partial charge in [0.05, 0.1) is 6.10 Å². The van der Waals surface area contributed by atoms with E-state index in [0.29, 0.717) is 13.0 Å². The van der Waals surface area contributed by atoms with Gasteiger partial charge in [-0.1, -0.05) is 18.2 Å². The van der Waals surface area contributed by atoms with Gasteiger partial charge in [-0.2, -0.15) is 0 Å². The molecule has 1 aromatic carbocycles. The molecular weight excluding hydrogens is 240 g/mol. The Morgan fingerprint density at radius 1 is 1.32 bits per heavy atom. The van der Waals surface area contributed by atoms with Crippen molar-refractivity contribution in [3.8, 4) is 0 Å². The summed E-state index contributed by atoms with van der Waals surface area (Å²) in [5.74, 6) is 0.200. The van der Waals surface area contributed by atoms with Gasteiger partial charge in [-0.3, -0.25) is 4.79 Å². The zero-order chi connectivity index (χ0) is 13.2. The van der Waals surface area contributed by atoms with Crippen LogP contribution >= 0.6 is 0 Å². The number of amides is 1. The van der Waals surface area contributed by atoms with Crippen molar-refractivity contribution in [3.05, 3.63) is 29.8 Å². The minimum Gasteiger partial charge on any atom is -0.392 e. The zero-order valence-corrected chi connectivity index (χ0v) is 11.1. The third-order valence-corrected chi connectivity index (χ3v) is 4.08. The average molecular weight is 260 g/mol. The number of carbonyl (C=O) groups excluding carboxylic acids is 1. The lowest BCUT2D eigenvalue weighted by molar-refractivity contribution is -0.118. The first-order valence-electron chi connectivity index (χ1n) is 7.03. The fourth-order valence-electron chi connectivity index (χ4n) is 3.00. The predicted molar refractivity (Wildman–Crippen MR) is 74.2 cm³/mol. The lowest BCUT2D eigenvalue weighted by atomic mass is 10.2. The van der Waals surface area contributed by atoms with E-state index < -0.39 is 0 Å². The van der Waals surface area contributed by atoms with E-state index >= 15 is 0 Å². The summed E-state index contributed by atoms with van der Waals surface area (Å²) < 4.78 is 0. The molecule has 0 unspecified atom stereocenters. The molecule has 0 aromatic heterocycles. The smallest absolute Gasteiger partial charge is 0.228 e. The summed E-state index contributed by atoms with van der Waals surface area (Å²) in [5.41, 5.74) is 2.35. The summed E-state index contributed by atoms with van der Waals surface area (Å²) in [6.07, 6.45) is 2.13. The van der Waals surface area contributed by atoms with E-state index in [2.05, 4.69) is 11.0 Å². The topological polar surface area (TPSA) is 43.8 Å². The Balaban J connectivity index is 1.57. The number of nitrogens with zero attached hydrogens (tertiary/aromatic N) is 2. The molecule has 4 nitrogen and oxygen atoms in total. The molecule has 1 amide bonds. The number of hydrogen-bond acceptors (Lipinski definition) is 3. The van der Waals surface area contributed by atoms with Crippen LogP contribution in [0.4, 0.5) is 5.69 Å². The van der Waals surface area contributed by atoms with Gasteiger partial charge < -0.3 is 14.9 Å². The number of β-amino-alcohol motifs (C(OH)–C–C–N with tert-alkyl or cyclic N) is 1. The number of rotatable bonds is 3. The molecule has 2 heterocycles. The monoisotopic (exact) mass is 260 g/mol. The number of hydrogen-bond donors (Lipinski definition) is 1. The largest absolute Gasteiger partial charge is 0.392 e. The second kappa shape index (κ2) is 5.31. The molecule has 1 aromatic rings. The van der Waals surface area contributed by atoms with Crippen molar-refractivity contribution >= 4 is 11.6 Å². The summed E-state index contributed by atoms with van der Waals surface area (Å²) >= 11 is 0. The fraction of sp³-hybridized carbons (Fsp3) is 0.533. The fourth-order valence-corrected chi connectivity index (χ4v) is 3.00. The molecule has 2 aliphatic heterocycles. The van der Waals surface area contributed by atoms with Gasteiger partial charge in [-0.05, 0) is 24.5 Å². The second-order valence-electron chi connectivity index (χ2n) is 5.42. The SMILES string of the molecule is O=C(CCN1CC[C@H](O)C1)N1CCc2ccccc21. The van der Waals surface area contributed by atoms with Crippen LogP contribution in [0.1, 0.15) is 18.4 Å². The van der Waals surface area contributed by atoms with E-state index in [4.69, 9.17) is 0 Å². The number of aliphatic hydroxyl groups excluding tert-OH is 1.